The van der Waals surface area contributed by atoms with Gasteiger partial charge in [0.05, 0.1) is 17.7 Å². The lowest BCUT2D eigenvalue weighted by Crippen LogP contribution is -2.29. The van der Waals surface area contributed by atoms with Crippen LogP contribution in [0.15, 0.2) is 46.8 Å². The van der Waals surface area contributed by atoms with Gasteiger partial charge in [-0.05, 0) is 30.2 Å². The number of aldehydes is 1. The number of rotatable bonds is 9. The molecule has 0 saturated heterocycles. The van der Waals surface area contributed by atoms with Crippen LogP contribution in [-0.2, 0) is 17.5 Å². The molecular weight excluding hydrogens is 535 g/mol. The SMILES string of the molecule is CCCNC(=O)Nc1cc(-c2nc(C(F)(F)F)cs2)c(-c2ccc3c(c2)c(=O)c(C=O)cn3CCOC)cn1. The van der Waals surface area contributed by atoms with E-state index in [2.05, 4.69) is 20.6 Å². The highest BCUT2D eigenvalue weighted by Crippen LogP contribution is 2.38. The Hall–Kier alpha value is -4.10. The summed E-state index contributed by atoms with van der Waals surface area (Å²) in [5.74, 6) is 0.108. The third-order valence-electron chi connectivity index (χ3n) is 5.79. The maximum Gasteiger partial charge on any atom is 0.434 e. The van der Waals surface area contributed by atoms with Crippen LogP contribution in [0.3, 0.4) is 0 Å². The smallest absolute Gasteiger partial charge is 0.383 e. The fourth-order valence-electron chi connectivity index (χ4n) is 3.90. The summed E-state index contributed by atoms with van der Waals surface area (Å²) in [4.78, 5) is 44.8. The zero-order valence-electron chi connectivity index (χ0n) is 21.0. The Morgan fingerprint density at radius 2 is 2.03 bits per heavy atom. The first-order valence-corrected chi connectivity index (χ1v) is 12.7. The number of amides is 2. The molecule has 3 heterocycles. The Kier molecular flexibility index (Phi) is 8.41. The molecular formula is C26H24F3N5O4S. The summed E-state index contributed by atoms with van der Waals surface area (Å²) in [5.41, 5.74) is 0.122. The molecule has 0 aliphatic carbocycles. The zero-order valence-corrected chi connectivity index (χ0v) is 21.8. The fraction of sp³-hybridized carbons (Fsp3) is 0.269. The monoisotopic (exact) mass is 559 g/mol. The van der Waals surface area contributed by atoms with Gasteiger partial charge in [0.25, 0.3) is 0 Å². The molecule has 0 unspecified atom stereocenters. The quantitative estimate of drug-likeness (QED) is 0.273. The molecule has 4 aromatic rings. The molecule has 204 valence electrons. The van der Waals surface area contributed by atoms with E-state index in [-0.39, 0.29) is 27.3 Å². The maximum absolute atomic E-state index is 13.3. The average molecular weight is 560 g/mol. The molecule has 4 rings (SSSR count). The maximum atomic E-state index is 13.3. The number of carbonyl (C=O) groups is 2. The Morgan fingerprint density at radius 3 is 2.69 bits per heavy atom. The molecule has 0 fully saturated rings. The van der Waals surface area contributed by atoms with Crippen molar-refractivity contribution in [2.75, 3.05) is 25.6 Å². The lowest BCUT2D eigenvalue weighted by molar-refractivity contribution is -0.140. The van der Waals surface area contributed by atoms with Crippen molar-refractivity contribution < 1.29 is 27.5 Å². The van der Waals surface area contributed by atoms with Gasteiger partial charge in [0.15, 0.2) is 17.4 Å². The van der Waals surface area contributed by atoms with Gasteiger partial charge in [0, 0.05) is 54.5 Å². The van der Waals surface area contributed by atoms with Crippen LogP contribution in [-0.4, -0.2) is 47.1 Å². The fourth-order valence-corrected chi connectivity index (χ4v) is 4.76. The van der Waals surface area contributed by atoms with Crippen LogP contribution in [0.2, 0.25) is 0 Å². The molecule has 0 atom stereocenters. The summed E-state index contributed by atoms with van der Waals surface area (Å²) in [7, 11) is 1.53. The summed E-state index contributed by atoms with van der Waals surface area (Å²) in [6, 6.07) is 5.87. The number of ether oxygens (including phenoxy) is 1. The summed E-state index contributed by atoms with van der Waals surface area (Å²) < 4.78 is 46.8. The molecule has 2 amide bonds. The highest BCUT2D eigenvalue weighted by molar-refractivity contribution is 7.13. The Balaban J connectivity index is 1.87. The van der Waals surface area contributed by atoms with Crippen LogP contribution >= 0.6 is 11.3 Å². The lowest BCUT2D eigenvalue weighted by atomic mass is 9.99. The largest absolute Gasteiger partial charge is 0.434 e. The first kappa shape index (κ1) is 27.9. The van der Waals surface area contributed by atoms with Crippen molar-refractivity contribution >= 4 is 40.4 Å². The van der Waals surface area contributed by atoms with Gasteiger partial charge in [-0.3, -0.25) is 14.9 Å². The molecule has 1 aromatic carbocycles. The van der Waals surface area contributed by atoms with Crippen LogP contribution in [0.5, 0.6) is 0 Å². The Bertz CT molecular complexity index is 1580. The van der Waals surface area contributed by atoms with E-state index in [1.807, 2.05) is 6.92 Å². The first-order chi connectivity index (χ1) is 18.7. The number of anilines is 1. The van der Waals surface area contributed by atoms with Crippen molar-refractivity contribution in [1.82, 2.24) is 19.9 Å². The van der Waals surface area contributed by atoms with Gasteiger partial charge < -0.3 is 14.6 Å². The minimum atomic E-state index is -4.63. The number of thiazole rings is 1. The summed E-state index contributed by atoms with van der Waals surface area (Å²) in [6.07, 6.45) is -0.589. The standard InChI is InChI=1S/C26H24F3N5O4S/c1-3-6-30-25(37)33-22-10-17(24-32-21(14-39-24)26(27,28)29)19(11-31-22)15-4-5-20-18(9-15)23(36)16(13-35)12-34(20)7-8-38-2/h4-5,9-14H,3,6-8H2,1-2H3,(H2,30,31,33,37). The van der Waals surface area contributed by atoms with E-state index in [1.54, 1.807) is 22.8 Å². The van der Waals surface area contributed by atoms with Gasteiger partial charge in [-0.1, -0.05) is 13.0 Å². The topological polar surface area (TPSA) is 115 Å². The summed E-state index contributed by atoms with van der Waals surface area (Å²) in [6.45, 7) is 3.05. The second kappa shape index (κ2) is 11.7. The number of aromatic nitrogens is 3. The van der Waals surface area contributed by atoms with E-state index in [0.717, 1.165) is 16.7 Å². The molecule has 0 saturated carbocycles. The third kappa shape index (κ3) is 6.15. The molecule has 0 aliphatic rings. The number of methoxy groups -OCH3 is 1. The van der Waals surface area contributed by atoms with Gasteiger partial charge in [0.2, 0.25) is 0 Å². The molecule has 13 heteroatoms. The highest BCUT2D eigenvalue weighted by atomic mass is 32.1. The second-order valence-corrected chi connectivity index (χ2v) is 9.34. The van der Waals surface area contributed by atoms with Crippen molar-refractivity contribution in [3.05, 3.63) is 63.5 Å². The summed E-state index contributed by atoms with van der Waals surface area (Å²) >= 11 is 0.791. The number of carbonyl (C=O) groups excluding carboxylic acids is 2. The Morgan fingerprint density at radius 1 is 1.23 bits per heavy atom. The van der Waals surface area contributed by atoms with Crippen molar-refractivity contribution in [3.63, 3.8) is 0 Å². The predicted octanol–water partition coefficient (Wildman–Crippen LogP) is 5.20. The minimum absolute atomic E-state index is 0.0403. The third-order valence-corrected chi connectivity index (χ3v) is 6.66. The molecule has 39 heavy (non-hydrogen) atoms. The Labute approximate surface area is 224 Å². The molecule has 0 aliphatic heterocycles. The van der Waals surface area contributed by atoms with Gasteiger partial charge in [0.1, 0.15) is 10.8 Å². The number of alkyl halides is 3. The normalized spacial score (nSPS) is 11.5. The van der Waals surface area contributed by atoms with Crippen molar-refractivity contribution in [3.8, 4) is 21.7 Å². The molecule has 2 N–H and O–H groups in total. The number of nitrogens with zero attached hydrogens (tertiary/aromatic N) is 3. The van der Waals surface area contributed by atoms with Gasteiger partial charge >= 0.3 is 12.2 Å². The van der Waals surface area contributed by atoms with Crippen LogP contribution in [0.4, 0.5) is 23.8 Å². The van der Waals surface area contributed by atoms with Gasteiger partial charge in [-0.15, -0.1) is 11.3 Å². The van der Waals surface area contributed by atoms with E-state index in [9.17, 15) is 27.6 Å². The molecule has 9 nitrogen and oxygen atoms in total. The molecule has 0 bridgehead atoms. The van der Waals surface area contributed by atoms with E-state index < -0.39 is 23.3 Å². The van der Waals surface area contributed by atoms with Crippen LogP contribution in [0.1, 0.15) is 29.4 Å². The number of fused-ring (bicyclic) bond motifs is 1. The van der Waals surface area contributed by atoms with Crippen LogP contribution in [0.25, 0.3) is 32.6 Å². The molecule has 0 spiro atoms. The number of nitrogens with one attached hydrogen (secondary N) is 2. The van der Waals surface area contributed by atoms with Crippen molar-refractivity contribution in [2.45, 2.75) is 26.1 Å². The van der Waals surface area contributed by atoms with Gasteiger partial charge in [-0.25, -0.2) is 14.8 Å². The first-order valence-electron chi connectivity index (χ1n) is 11.9. The van der Waals surface area contributed by atoms with E-state index in [1.165, 1.54) is 25.6 Å². The van der Waals surface area contributed by atoms with Crippen LogP contribution < -0.4 is 16.1 Å². The van der Waals surface area contributed by atoms with E-state index >= 15 is 0 Å². The number of pyridine rings is 2. The van der Waals surface area contributed by atoms with E-state index in [0.29, 0.717) is 49.0 Å². The lowest BCUT2D eigenvalue weighted by Gasteiger charge is -2.14. The average Bonchev–Trinajstić information content (AvgIpc) is 3.43. The molecule has 0 radical (unpaired) electrons. The number of halogens is 3. The van der Waals surface area contributed by atoms with Crippen molar-refractivity contribution in [2.24, 2.45) is 0 Å². The number of hydrogen-bond donors (Lipinski definition) is 2. The minimum Gasteiger partial charge on any atom is -0.383 e. The highest BCUT2D eigenvalue weighted by Gasteiger charge is 2.34. The summed E-state index contributed by atoms with van der Waals surface area (Å²) in [5, 5.41) is 6.42. The van der Waals surface area contributed by atoms with Gasteiger partial charge in [-0.2, -0.15) is 13.2 Å². The zero-order chi connectivity index (χ0) is 28.2. The van der Waals surface area contributed by atoms with E-state index in [4.69, 9.17) is 4.74 Å². The second-order valence-electron chi connectivity index (χ2n) is 8.48. The van der Waals surface area contributed by atoms with Crippen LogP contribution in [0, 0.1) is 0 Å². The molecule has 3 aromatic heterocycles. The predicted molar refractivity (Wildman–Crippen MR) is 142 cm³/mol. The number of benzene rings is 1. The van der Waals surface area contributed by atoms with Crippen molar-refractivity contribution in [1.29, 1.82) is 0 Å². The number of urea groups is 1. The number of hydrogen-bond acceptors (Lipinski definition) is 7.